The lowest BCUT2D eigenvalue weighted by molar-refractivity contribution is -0.152. The van der Waals surface area contributed by atoms with Crippen LogP contribution in [0.3, 0.4) is 0 Å². The van der Waals surface area contributed by atoms with E-state index in [2.05, 4.69) is 10.3 Å². The molecule has 0 atom stereocenters. The van der Waals surface area contributed by atoms with Crippen molar-refractivity contribution >= 4 is 50.7 Å². The third-order valence-electron chi connectivity index (χ3n) is 3.69. The summed E-state index contributed by atoms with van der Waals surface area (Å²) < 4.78 is 11.3. The molecule has 0 saturated heterocycles. The van der Waals surface area contributed by atoms with E-state index in [4.69, 9.17) is 21.1 Å². The number of carbonyl (C=O) groups is 2. The first-order chi connectivity index (χ1) is 13.0. The Balaban J connectivity index is 1.40. The van der Waals surface area contributed by atoms with E-state index in [1.165, 1.54) is 11.3 Å². The monoisotopic (exact) mass is 404 g/mol. The first-order valence-corrected chi connectivity index (χ1v) is 9.35. The molecule has 1 N–H and O–H groups in total. The molecular weight excluding hydrogens is 388 g/mol. The Morgan fingerprint density at radius 3 is 2.78 bits per heavy atom. The number of ether oxygens (including phenoxy) is 2. The highest BCUT2D eigenvalue weighted by atomic mass is 35.5. The largest absolute Gasteiger partial charge is 0.454 e. The third kappa shape index (κ3) is 5.26. The predicted octanol–water partition coefficient (Wildman–Crippen LogP) is 3.96. The highest BCUT2D eigenvalue weighted by molar-refractivity contribution is 7.18. The van der Waals surface area contributed by atoms with E-state index in [1.54, 1.807) is 25.1 Å². The molecule has 140 valence electrons. The highest BCUT2D eigenvalue weighted by Crippen LogP contribution is 2.23. The molecule has 0 spiro atoms. The molecule has 0 unspecified atom stereocenters. The molecule has 0 aliphatic rings. The van der Waals surface area contributed by atoms with Crippen LogP contribution in [0.25, 0.3) is 10.2 Å². The first-order valence-electron chi connectivity index (χ1n) is 8.15. The lowest BCUT2D eigenvalue weighted by atomic mass is 10.2. The van der Waals surface area contributed by atoms with Gasteiger partial charge in [0.25, 0.3) is 5.91 Å². The maximum absolute atomic E-state index is 11.9. The lowest BCUT2D eigenvalue weighted by Gasteiger charge is -2.10. The Labute approximate surface area is 165 Å². The number of esters is 1. The quantitative estimate of drug-likeness (QED) is 0.603. The van der Waals surface area contributed by atoms with E-state index in [1.807, 2.05) is 24.3 Å². The zero-order valence-electron chi connectivity index (χ0n) is 14.5. The normalized spacial score (nSPS) is 10.7. The minimum Gasteiger partial charge on any atom is -0.454 e. The van der Waals surface area contributed by atoms with E-state index < -0.39 is 18.5 Å². The van der Waals surface area contributed by atoms with Gasteiger partial charge in [-0.2, -0.15) is 0 Å². The molecule has 3 aromatic rings. The molecule has 3 rings (SSSR count). The van der Waals surface area contributed by atoms with Crippen molar-refractivity contribution in [1.82, 2.24) is 4.98 Å². The summed E-state index contributed by atoms with van der Waals surface area (Å²) in [6, 6.07) is 12.9. The van der Waals surface area contributed by atoms with E-state index in [0.717, 1.165) is 20.8 Å². The van der Waals surface area contributed by atoms with Crippen molar-refractivity contribution in [3.63, 3.8) is 0 Å². The van der Waals surface area contributed by atoms with Crippen LogP contribution >= 0.6 is 22.9 Å². The summed E-state index contributed by atoms with van der Waals surface area (Å²) >= 11 is 7.51. The number of nitrogens with one attached hydrogen (secondary N) is 1. The Morgan fingerprint density at radius 1 is 1.15 bits per heavy atom. The molecule has 8 heteroatoms. The van der Waals surface area contributed by atoms with Gasteiger partial charge in [-0.3, -0.25) is 4.79 Å². The molecule has 0 aliphatic carbocycles. The molecular formula is C19H17ClN2O4S. The van der Waals surface area contributed by atoms with Crippen molar-refractivity contribution in [1.29, 1.82) is 0 Å². The number of para-hydroxylation sites is 1. The van der Waals surface area contributed by atoms with Gasteiger partial charge in [-0.25, -0.2) is 9.78 Å². The van der Waals surface area contributed by atoms with Crippen LogP contribution in [-0.4, -0.2) is 30.1 Å². The zero-order chi connectivity index (χ0) is 19.2. The summed E-state index contributed by atoms with van der Waals surface area (Å²) in [6.07, 6.45) is 0. The Hall–Kier alpha value is -2.48. The van der Waals surface area contributed by atoms with Gasteiger partial charge in [-0.1, -0.05) is 29.8 Å². The average Bonchev–Trinajstić information content (AvgIpc) is 3.06. The van der Waals surface area contributed by atoms with Gasteiger partial charge in [0.1, 0.15) is 11.6 Å². The summed E-state index contributed by atoms with van der Waals surface area (Å²) in [4.78, 5) is 28.0. The number of fused-ring (bicyclic) bond motifs is 1. The van der Waals surface area contributed by atoms with Crippen LogP contribution in [0.2, 0.25) is 5.02 Å². The summed E-state index contributed by atoms with van der Waals surface area (Å²) in [5.74, 6) is -1.06. The van der Waals surface area contributed by atoms with Crippen molar-refractivity contribution in [2.75, 3.05) is 18.5 Å². The number of aromatic nitrogens is 1. The van der Waals surface area contributed by atoms with Gasteiger partial charge < -0.3 is 14.8 Å². The van der Waals surface area contributed by atoms with Gasteiger partial charge in [-0.15, -0.1) is 11.3 Å². The number of halogens is 1. The van der Waals surface area contributed by atoms with E-state index in [0.29, 0.717) is 10.7 Å². The number of anilines is 1. The number of benzene rings is 2. The van der Waals surface area contributed by atoms with Crippen LogP contribution in [0.5, 0.6) is 0 Å². The molecule has 0 radical (unpaired) electrons. The second-order valence-corrected chi connectivity index (χ2v) is 7.21. The van der Waals surface area contributed by atoms with E-state index in [9.17, 15) is 9.59 Å². The standard InChI is InChI=1S/C19H17ClN2O4S/c1-12-13(20)5-4-7-14(12)21-17(23)9-26-19(24)11-25-10-18-22-15-6-2-3-8-16(15)27-18/h2-8H,9-11H2,1H3,(H,21,23). The minimum atomic E-state index is -0.617. The number of thiazole rings is 1. The predicted molar refractivity (Wildman–Crippen MR) is 105 cm³/mol. The van der Waals surface area contributed by atoms with E-state index in [-0.39, 0.29) is 13.2 Å². The Morgan fingerprint density at radius 2 is 1.96 bits per heavy atom. The maximum atomic E-state index is 11.9. The average molecular weight is 405 g/mol. The van der Waals surface area contributed by atoms with Gasteiger partial charge in [0, 0.05) is 10.7 Å². The van der Waals surface area contributed by atoms with Gasteiger partial charge in [0.05, 0.1) is 16.8 Å². The molecule has 0 bridgehead atoms. The minimum absolute atomic E-state index is 0.211. The molecule has 1 heterocycles. The Bertz CT molecular complexity index is 940. The molecule has 6 nitrogen and oxygen atoms in total. The SMILES string of the molecule is Cc1c(Cl)cccc1NC(=O)COC(=O)COCc1nc2ccccc2s1. The van der Waals surface area contributed by atoms with Crippen molar-refractivity contribution < 1.29 is 19.1 Å². The van der Waals surface area contributed by atoms with Crippen LogP contribution in [0.1, 0.15) is 10.6 Å². The molecule has 1 aromatic heterocycles. The number of nitrogens with zero attached hydrogens (tertiary/aromatic N) is 1. The summed E-state index contributed by atoms with van der Waals surface area (Å²) in [7, 11) is 0. The number of hydrogen-bond donors (Lipinski definition) is 1. The molecule has 0 fully saturated rings. The lowest BCUT2D eigenvalue weighted by Crippen LogP contribution is -2.23. The van der Waals surface area contributed by atoms with Crippen molar-refractivity contribution in [3.8, 4) is 0 Å². The topological polar surface area (TPSA) is 77.5 Å². The molecule has 0 aliphatic heterocycles. The van der Waals surface area contributed by atoms with Crippen molar-refractivity contribution in [2.24, 2.45) is 0 Å². The molecule has 0 saturated carbocycles. The second kappa shape index (κ2) is 8.94. The molecule has 1 amide bonds. The van der Waals surface area contributed by atoms with Crippen molar-refractivity contribution in [3.05, 3.63) is 58.1 Å². The second-order valence-electron chi connectivity index (χ2n) is 5.69. The number of rotatable bonds is 7. The summed E-state index contributed by atoms with van der Waals surface area (Å²) in [5.41, 5.74) is 2.23. The van der Waals surface area contributed by atoms with Gasteiger partial charge in [0.2, 0.25) is 0 Å². The van der Waals surface area contributed by atoms with Crippen LogP contribution in [0, 0.1) is 6.92 Å². The molecule has 2 aromatic carbocycles. The Kier molecular flexibility index (Phi) is 6.39. The van der Waals surface area contributed by atoms with Crippen LogP contribution in [-0.2, 0) is 25.7 Å². The van der Waals surface area contributed by atoms with Crippen molar-refractivity contribution in [2.45, 2.75) is 13.5 Å². The van der Waals surface area contributed by atoms with E-state index >= 15 is 0 Å². The summed E-state index contributed by atoms with van der Waals surface area (Å²) in [6.45, 7) is 1.36. The van der Waals surface area contributed by atoms with Gasteiger partial charge in [-0.05, 0) is 36.8 Å². The first kappa shape index (κ1) is 19.3. The van der Waals surface area contributed by atoms with Crippen LogP contribution < -0.4 is 5.32 Å². The zero-order valence-corrected chi connectivity index (χ0v) is 16.1. The summed E-state index contributed by atoms with van der Waals surface area (Å²) in [5, 5.41) is 3.98. The van der Waals surface area contributed by atoms with Crippen LogP contribution in [0.15, 0.2) is 42.5 Å². The third-order valence-corrected chi connectivity index (χ3v) is 5.11. The fourth-order valence-corrected chi connectivity index (χ4v) is 3.40. The fraction of sp³-hybridized carbons (Fsp3) is 0.211. The van der Waals surface area contributed by atoms with Gasteiger partial charge >= 0.3 is 5.97 Å². The number of carbonyl (C=O) groups excluding carboxylic acids is 2. The number of hydrogen-bond acceptors (Lipinski definition) is 6. The smallest absolute Gasteiger partial charge is 0.332 e. The fourth-order valence-electron chi connectivity index (χ4n) is 2.32. The maximum Gasteiger partial charge on any atom is 0.332 e. The van der Waals surface area contributed by atoms with Gasteiger partial charge in [0.15, 0.2) is 6.61 Å². The highest BCUT2D eigenvalue weighted by Gasteiger charge is 2.11. The van der Waals surface area contributed by atoms with Crippen LogP contribution in [0.4, 0.5) is 5.69 Å². The number of amides is 1. The molecule has 27 heavy (non-hydrogen) atoms.